The molecule has 0 bridgehead atoms. The van der Waals surface area contributed by atoms with Crippen molar-refractivity contribution in [3.05, 3.63) is 29.8 Å². The first-order valence-electron chi connectivity index (χ1n) is 5.74. The lowest BCUT2D eigenvalue weighted by molar-refractivity contribution is 0.00300. The lowest BCUT2D eigenvalue weighted by atomic mass is 9.79. The van der Waals surface area contributed by atoms with Crippen LogP contribution in [0.3, 0.4) is 0 Å². The summed E-state index contributed by atoms with van der Waals surface area (Å²) in [5.41, 5.74) is 6.00. The molecule has 1 aliphatic carbocycles. The zero-order valence-corrected chi connectivity index (χ0v) is 9.88. The predicted molar refractivity (Wildman–Crippen MR) is 62.5 cm³/mol. The number of halogens is 2. The second-order valence-corrected chi connectivity index (χ2v) is 4.75. The number of alkyl halides is 2. The Bertz CT molecular complexity index is 408. The molecule has 0 aromatic heterocycles. The molecule has 0 spiro atoms. The van der Waals surface area contributed by atoms with Gasteiger partial charge in [-0.05, 0) is 24.1 Å². The Balaban J connectivity index is 2.35. The topological polar surface area (TPSA) is 35.2 Å². The van der Waals surface area contributed by atoms with E-state index in [-0.39, 0.29) is 19.4 Å². The molecular weight excluding hydrogens is 224 g/mol. The van der Waals surface area contributed by atoms with Crippen LogP contribution in [0.5, 0.6) is 5.75 Å². The van der Waals surface area contributed by atoms with Gasteiger partial charge in [0, 0.05) is 24.8 Å². The minimum absolute atomic E-state index is 0.0819. The van der Waals surface area contributed by atoms with E-state index in [2.05, 4.69) is 0 Å². The second kappa shape index (κ2) is 4.26. The van der Waals surface area contributed by atoms with Crippen LogP contribution in [0.4, 0.5) is 8.78 Å². The van der Waals surface area contributed by atoms with Crippen molar-refractivity contribution < 1.29 is 13.5 Å². The van der Waals surface area contributed by atoms with Crippen molar-refractivity contribution in [2.75, 3.05) is 13.7 Å². The highest BCUT2D eigenvalue weighted by atomic mass is 19.3. The molecule has 2 nitrogen and oxygen atoms in total. The van der Waals surface area contributed by atoms with Crippen molar-refractivity contribution in [3.8, 4) is 5.75 Å². The highest BCUT2D eigenvalue weighted by molar-refractivity contribution is 5.35. The zero-order valence-electron chi connectivity index (χ0n) is 9.88. The molecule has 2 N–H and O–H groups in total. The predicted octanol–water partition coefficient (Wildman–Crippen LogP) is 2.71. The largest absolute Gasteiger partial charge is 0.497 e. The third-order valence-corrected chi connectivity index (χ3v) is 3.64. The Morgan fingerprint density at radius 2 is 2.12 bits per heavy atom. The minimum Gasteiger partial charge on any atom is -0.497 e. The summed E-state index contributed by atoms with van der Waals surface area (Å²) in [5, 5.41) is 0. The summed E-state index contributed by atoms with van der Waals surface area (Å²) in [6.07, 6.45) is 0.189. The Hall–Kier alpha value is -1.16. The van der Waals surface area contributed by atoms with Crippen LogP contribution in [0.25, 0.3) is 0 Å². The number of hydrogen-bond acceptors (Lipinski definition) is 2. The first-order valence-corrected chi connectivity index (χ1v) is 5.74. The van der Waals surface area contributed by atoms with E-state index in [1.807, 2.05) is 18.2 Å². The molecule has 2 rings (SSSR count). The number of nitrogens with two attached hydrogens (primary N) is 1. The van der Waals surface area contributed by atoms with Crippen LogP contribution in [-0.2, 0) is 5.41 Å². The van der Waals surface area contributed by atoms with Gasteiger partial charge in [0.15, 0.2) is 0 Å². The van der Waals surface area contributed by atoms with Crippen LogP contribution in [0.2, 0.25) is 0 Å². The van der Waals surface area contributed by atoms with Crippen LogP contribution in [0.15, 0.2) is 24.3 Å². The maximum absolute atomic E-state index is 13.4. The van der Waals surface area contributed by atoms with Crippen LogP contribution in [0.1, 0.15) is 24.8 Å². The summed E-state index contributed by atoms with van der Waals surface area (Å²) in [4.78, 5) is 0. The smallest absolute Gasteiger partial charge is 0.249 e. The molecule has 1 unspecified atom stereocenters. The van der Waals surface area contributed by atoms with Gasteiger partial charge in [-0.2, -0.15) is 0 Å². The van der Waals surface area contributed by atoms with E-state index >= 15 is 0 Å². The average molecular weight is 241 g/mol. The Kier molecular flexibility index (Phi) is 3.08. The molecule has 0 saturated heterocycles. The standard InChI is InChI=1S/C13H17F2NO/c1-17-11-4-2-3-10(7-11)12(9-16)5-6-13(14,15)8-12/h2-4,7H,5-6,8-9,16H2,1H3. The van der Waals surface area contributed by atoms with Crippen molar-refractivity contribution in [2.45, 2.75) is 30.6 Å². The summed E-state index contributed by atoms with van der Waals surface area (Å²) < 4.78 is 31.9. The number of ether oxygens (including phenoxy) is 1. The van der Waals surface area contributed by atoms with Crippen molar-refractivity contribution in [2.24, 2.45) is 5.73 Å². The third-order valence-electron chi connectivity index (χ3n) is 3.64. The molecule has 0 amide bonds. The highest BCUT2D eigenvalue weighted by Crippen LogP contribution is 2.48. The van der Waals surface area contributed by atoms with E-state index in [9.17, 15) is 8.78 Å². The van der Waals surface area contributed by atoms with Crippen LogP contribution < -0.4 is 10.5 Å². The van der Waals surface area contributed by atoms with E-state index in [0.717, 1.165) is 5.56 Å². The van der Waals surface area contributed by atoms with Crippen molar-refractivity contribution >= 4 is 0 Å². The molecule has 1 aromatic carbocycles. The quantitative estimate of drug-likeness (QED) is 0.883. The number of rotatable bonds is 3. The summed E-state index contributed by atoms with van der Waals surface area (Å²) in [5.74, 6) is -1.91. The Morgan fingerprint density at radius 3 is 2.65 bits per heavy atom. The molecule has 4 heteroatoms. The molecule has 17 heavy (non-hydrogen) atoms. The molecule has 1 aromatic rings. The van der Waals surface area contributed by atoms with Gasteiger partial charge in [0.25, 0.3) is 0 Å². The molecule has 0 radical (unpaired) electrons. The summed E-state index contributed by atoms with van der Waals surface area (Å²) in [6.45, 7) is 0.246. The van der Waals surface area contributed by atoms with Crippen LogP contribution in [0, 0.1) is 0 Å². The lowest BCUT2D eigenvalue weighted by Crippen LogP contribution is -2.33. The van der Waals surface area contributed by atoms with E-state index < -0.39 is 11.3 Å². The highest BCUT2D eigenvalue weighted by Gasteiger charge is 2.49. The van der Waals surface area contributed by atoms with Crippen molar-refractivity contribution in [3.63, 3.8) is 0 Å². The summed E-state index contributed by atoms with van der Waals surface area (Å²) in [6, 6.07) is 7.30. The minimum atomic E-state index is -2.59. The average Bonchev–Trinajstić information content (AvgIpc) is 2.66. The second-order valence-electron chi connectivity index (χ2n) is 4.75. The molecular formula is C13H17F2NO. The fraction of sp³-hybridized carbons (Fsp3) is 0.538. The molecule has 1 saturated carbocycles. The number of benzene rings is 1. The number of hydrogen-bond donors (Lipinski definition) is 1. The van der Waals surface area contributed by atoms with E-state index in [1.165, 1.54) is 0 Å². The maximum atomic E-state index is 13.4. The van der Waals surface area contributed by atoms with E-state index in [1.54, 1.807) is 13.2 Å². The lowest BCUT2D eigenvalue weighted by Gasteiger charge is -2.28. The van der Waals surface area contributed by atoms with Gasteiger partial charge >= 0.3 is 0 Å². The van der Waals surface area contributed by atoms with Crippen LogP contribution >= 0.6 is 0 Å². The van der Waals surface area contributed by atoms with Gasteiger partial charge in [0.2, 0.25) is 5.92 Å². The van der Waals surface area contributed by atoms with Gasteiger partial charge in [-0.25, -0.2) is 8.78 Å². The first-order chi connectivity index (χ1) is 8.01. The van der Waals surface area contributed by atoms with Crippen molar-refractivity contribution in [1.29, 1.82) is 0 Å². The fourth-order valence-corrected chi connectivity index (χ4v) is 2.59. The van der Waals surface area contributed by atoms with Gasteiger partial charge in [-0.3, -0.25) is 0 Å². The van der Waals surface area contributed by atoms with E-state index in [0.29, 0.717) is 12.2 Å². The fourth-order valence-electron chi connectivity index (χ4n) is 2.59. The SMILES string of the molecule is COc1cccc(C2(CN)CCC(F)(F)C2)c1. The monoisotopic (exact) mass is 241 g/mol. The maximum Gasteiger partial charge on any atom is 0.249 e. The van der Waals surface area contributed by atoms with Gasteiger partial charge in [0.05, 0.1) is 7.11 Å². The third kappa shape index (κ3) is 2.27. The zero-order chi connectivity index (χ0) is 12.5. The van der Waals surface area contributed by atoms with Crippen LogP contribution in [-0.4, -0.2) is 19.6 Å². The molecule has 0 heterocycles. The van der Waals surface area contributed by atoms with E-state index in [4.69, 9.17) is 10.5 Å². The summed E-state index contributed by atoms with van der Waals surface area (Å²) >= 11 is 0. The van der Waals surface area contributed by atoms with Crippen molar-refractivity contribution in [1.82, 2.24) is 0 Å². The Labute approximate surface area is 99.8 Å². The van der Waals surface area contributed by atoms with Gasteiger partial charge in [-0.15, -0.1) is 0 Å². The normalized spacial score (nSPS) is 27.1. The summed E-state index contributed by atoms with van der Waals surface area (Å²) in [7, 11) is 1.57. The first kappa shape index (κ1) is 12.3. The van der Waals surface area contributed by atoms with Gasteiger partial charge < -0.3 is 10.5 Å². The molecule has 1 atom stereocenters. The molecule has 1 fully saturated rings. The van der Waals surface area contributed by atoms with Gasteiger partial charge in [-0.1, -0.05) is 12.1 Å². The Morgan fingerprint density at radius 1 is 1.35 bits per heavy atom. The number of methoxy groups -OCH3 is 1. The molecule has 94 valence electrons. The molecule has 1 aliphatic rings. The molecule has 0 aliphatic heterocycles. The van der Waals surface area contributed by atoms with Gasteiger partial charge in [0.1, 0.15) is 5.75 Å².